The summed E-state index contributed by atoms with van der Waals surface area (Å²) in [5.74, 6) is 0.831. The molecule has 2 heteroatoms. The van der Waals surface area contributed by atoms with E-state index < -0.39 is 0 Å². The van der Waals surface area contributed by atoms with Crippen molar-refractivity contribution in [2.45, 2.75) is 45.6 Å². The summed E-state index contributed by atoms with van der Waals surface area (Å²) in [5.41, 5.74) is 0. The molecule has 0 aromatic rings. The first-order valence-corrected chi connectivity index (χ1v) is 5.73. The fraction of sp³-hybridized carbons (Fsp3) is 1.00. The Morgan fingerprint density at radius 1 is 1.38 bits per heavy atom. The second-order valence-corrected chi connectivity index (χ2v) is 4.51. The fourth-order valence-electron chi connectivity index (χ4n) is 1.80. The maximum absolute atomic E-state index is 3.52. The van der Waals surface area contributed by atoms with Crippen LogP contribution in [-0.2, 0) is 0 Å². The third-order valence-corrected chi connectivity index (χ3v) is 2.73. The molecular formula is C11H24N2. The molecule has 2 nitrogen and oxygen atoms in total. The Hall–Kier alpha value is -0.0800. The third-order valence-electron chi connectivity index (χ3n) is 2.73. The Morgan fingerprint density at radius 3 is 2.85 bits per heavy atom. The summed E-state index contributed by atoms with van der Waals surface area (Å²) in [5, 5.41) is 7.02. The van der Waals surface area contributed by atoms with Gasteiger partial charge in [-0.3, -0.25) is 0 Å². The minimum absolute atomic E-state index is 0.798. The molecule has 1 unspecified atom stereocenters. The van der Waals surface area contributed by atoms with Gasteiger partial charge in [-0.05, 0) is 51.2 Å². The van der Waals surface area contributed by atoms with Crippen LogP contribution in [0.3, 0.4) is 0 Å². The molecule has 1 fully saturated rings. The third kappa shape index (κ3) is 5.27. The van der Waals surface area contributed by atoms with E-state index in [1.54, 1.807) is 0 Å². The maximum atomic E-state index is 3.52. The molecule has 0 saturated carbocycles. The van der Waals surface area contributed by atoms with Crippen molar-refractivity contribution in [3.63, 3.8) is 0 Å². The molecule has 0 radical (unpaired) electrons. The highest BCUT2D eigenvalue weighted by atomic mass is 14.9. The predicted molar refractivity (Wildman–Crippen MR) is 58.0 cm³/mol. The first-order chi connectivity index (χ1) is 6.29. The smallest absolute Gasteiger partial charge is 0.00796 e. The van der Waals surface area contributed by atoms with Gasteiger partial charge >= 0.3 is 0 Å². The van der Waals surface area contributed by atoms with Crippen LogP contribution < -0.4 is 10.6 Å². The quantitative estimate of drug-likeness (QED) is 0.615. The van der Waals surface area contributed by atoms with Gasteiger partial charge < -0.3 is 10.6 Å². The van der Waals surface area contributed by atoms with Gasteiger partial charge in [0.15, 0.2) is 0 Å². The first kappa shape index (κ1) is 11.0. The van der Waals surface area contributed by atoms with Gasteiger partial charge in [0.2, 0.25) is 0 Å². The summed E-state index contributed by atoms with van der Waals surface area (Å²) in [4.78, 5) is 0. The van der Waals surface area contributed by atoms with Gasteiger partial charge in [0.25, 0.3) is 0 Å². The average Bonchev–Trinajstić information content (AvgIpc) is 2.55. The van der Waals surface area contributed by atoms with Crippen LogP contribution in [0.1, 0.15) is 39.5 Å². The van der Waals surface area contributed by atoms with Gasteiger partial charge in [0.1, 0.15) is 0 Å². The molecule has 0 aromatic carbocycles. The zero-order valence-electron chi connectivity index (χ0n) is 9.10. The molecule has 13 heavy (non-hydrogen) atoms. The molecule has 1 atom stereocenters. The number of rotatable bonds is 6. The number of nitrogens with one attached hydrogen (secondary N) is 2. The summed E-state index contributed by atoms with van der Waals surface area (Å²) in [6.45, 7) is 8.16. The monoisotopic (exact) mass is 184 g/mol. The van der Waals surface area contributed by atoms with Gasteiger partial charge in [0, 0.05) is 6.04 Å². The van der Waals surface area contributed by atoms with Crippen LogP contribution in [0.4, 0.5) is 0 Å². The average molecular weight is 184 g/mol. The molecule has 1 heterocycles. The lowest BCUT2D eigenvalue weighted by molar-refractivity contribution is 0.493. The Morgan fingerprint density at radius 2 is 2.23 bits per heavy atom. The normalized spacial score (nSPS) is 22.8. The molecule has 1 saturated heterocycles. The fourth-order valence-corrected chi connectivity index (χ4v) is 1.80. The van der Waals surface area contributed by atoms with Crippen LogP contribution in [0, 0.1) is 5.92 Å². The van der Waals surface area contributed by atoms with Crippen LogP contribution in [0.15, 0.2) is 0 Å². The van der Waals surface area contributed by atoms with Crippen molar-refractivity contribution in [2.75, 3.05) is 19.6 Å². The molecule has 0 amide bonds. The SMILES string of the molecule is CC(C)CCNCCC1CCCN1. The Labute approximate surface area is 82.5 Å². The van der Waals surface area contributed by atoms with Crippen LogP contribution >= 0.6 is 0 Å². The summed E-state index contributed by atoms with van der Waals surface area (Å²) in [6, 6.07) is 0.798. The molecule has 0 aromatic heterocycles. The van der Waals surface area contributed by atoms with Crippen LogP contribution in [0.25, 0.3) is 0 Å². The zero-order valence-corrected chi connectivity index (χ0v) is 9.10. The van der Waals surface area contributed by atoms with E-state index in [1.807, 2.05) is 0 Å². The second kappa shape index (κ2) is 6.39. The van der Waals surface area contributed by atoms with Crippen LogP contribution in [0.2, 0.25) is 0 Å². The van der Waals surface area contributed by atoms with Crippen molar-refractivity contribution in [3.8, 4) is 0 Å². The molecule has 0 spiro atoms. The summed E-state index contributed by atoms with van der Waals surface area (Å²) < 4.78 is 0. The number of hydrogen-bond donors (Lipinski definition) is 2. The van der Waals surface area contributed by atoms with E-state index in [2.05, 4.69) is 24.5 Å². The summed E-state index contributed by atoms with van der Waals surface area (Å²) in [7, 11) is 0. The van der Waals surface area contributed by atoms with E-state index in [9.17, 15) is 0 Å². The Kier molecular flexibility index (Phi) is 5.40. The van der Waals surface area contributed by atoms with E-state index in [4.69, 9.17) is 0 Å². The molecule has 1 aliphatic heterocycles. The molecule has 2 N–H and O–H groups in total. The van der Waals surface area contributed by atoms with Gasteiger partial charge in [-0.25, -0.2) is 0 Å². The van der Waals surface area contributed by atoms with Gasteiger partial charge in [-0.2, -0.15) is 0 Å². The maximum Gasteiger partial charge on any atom is 0.00796 e. The standard InChI is InChI=1S/C11H24N2/c1-10(2)5-8-12-9-6-11-4-3-7-13-11/h10-13H,3-9H2,1-2H3. The van der Waals surface area contributed by atoms with Crippen LogP contribution in [0.5, 0.6) is 0 Å². The van der Waals surface area contributed by atoms with E-state index in [-0.39, 0.29) is 0 Å². The van der Waals surface area contributed by atoms with Crippen molar-refractivity contribution < 1.29 is 0 Å². The Balaban J connectivity index is 1.83. The number of hydrogen-bond acceptors (Lipinski definition) is 2. The van der Waals surface area contributed by atoms with E-state index in [0.29, 0.717) is 0 Å². The van der Waals surface area contributed by atoms with Gasteiger partial charge in [-0.1, -0.05) is 13.8 Å². The molecule has 1 rings (SSSR count). The van der Waals surface area contributed by atoms with E-state index in [0.717, 1.165) is 12.0 Å². The van der Waals surface area contributed by atoms with Gasteiger partial charge in [-0.15, -0.1) is 0 Å². The molecule has 0 bridgehead atoms. The lowest BCUT2D eigenvalue weighted by Crippen LogP contribution is -2.27. The van der Waals surface area contributed by atoms with E-state index in [1.165, 1.54) is 45.3 Å². The topological polar surface area (TPSA) is 24.1 Å². The highest BCUT2D eigenvalue weighted by molar-refractivity contribution is 4.74. The van der Waals surface area contributed by atoms with Crippen molar-refractivity contribution >= 4 is 0 Å². The molecule has 78 valence electrons. The largest absolute Gasteiger partial charge is 0.317 e. The van der Waals surface area contributed by atoms with Crippen molar-refractivity contribution in [3.05, 3.63) is 0 Å². The molecule has 0 aliphatic carbocycles. The molecule has 1 aliphatic rings. The second-order valence-electron chi connectivity index (χ2n) is 4.51. The van der Waals surface area contributed by atoms with Gasteiger partial charge in [0.05, 0.1) is 0 Å². The highest BCUT2D eigenvalue weighted by Crippen LogP contribution is 2.07. The van der Waals surface area contributed by atoms with Crippen molar-refractivity contribution in [1.29, 1.82) is 0 Å². The van der Waals surface area contributed by atoms with Crippen molar-refractivity contribution in [1.82, 2.24) is 10.6 Å². The van der Waals surface area contributed by atoms with Crippen molar-refractivity contribution in [2.24, 2.45) is 5.92 Å². The zero-order chi connectivity index (χ0) is 9.52. The Bertz CT molecular complexity index is 117. The first-order valence-electron chi connectivity index (χ1n) is 5.73. The summed E-state index contributed by atoms with van der Waals surface area (Å²) in [6.07, 6.45) is 5.36. The van der Waals surface area contributed by atoms with Crippen LogP contribution in [-0.4, -0.2) is 25.7 Å². The molecular weight excluding hydrogens is 160 g/mol. The lowest BCUT2D eigenvalue weighted by Gasteiger charge is -2.11. The predicted octanol–water partition coefficient (Wildman–Crippen LogP) is 1.76. The summed E-state index contributed by atoms with van der Waals surface area (Å²) >= 11 is 0. The highest BCUT2D eigenvalue weighted by Gasteiger charge is 2.12. The lowest BCUT2D eigenvalue weighted by atomic mass is 10.1. The minimum atomic E-state index is 0.798. The minimum Gasteiger partial charge on any atom is -0.317 e. The van der Waals surface area contributed by atoms with E-state index >= 15 is 0 Å².